The molecular formula is C32H16N2Na4O16S4. The van der Waals surface area contributed by atoms with Crippen molar-refractivity contribution in [2.75, 3.05) is 0 Å². The first-order valence-electron chi connectivity index (χ1n) is 14.5. The zero-order valence-corrected chi connectivity index (χ0v) is 41.6. The molecule has 0 spiro atoms. The number of carbonyl (C=O) groups excluding carboxylic acids is 4. The van der Waals surface area contributed by atoms with Gasteiger partial charge in [-0.15, -0.1) is 0 Å². The third kappa shape index (κ3) is 11.3. The van der Waals surface area contributed by atoms with Crippen LogP contribution in [0.1, 0.15) is 31.8 Å². The van der Waals surface area contributed by atoms with Gasteiger partial charge in [0.05, 0.1) is 56.4 Å². The molecule has 0 unspecified atom stereocenters. The van der Waals surface area contributed by atoms with Gasteiger partial charge in [0.1, 0.15) is 20.2 Å². The molecule has 2 aliphatic heterocycles. The number of imide groups is 2. The molecule has 0 saturated heterocycles. The number of hydrogen-bond donors (Lipinski definition) is 0. The summed E-state index contributed by atoms with van der Waals surface area (Å²) in [6.07, 6.45) is 0. The third-order valence-corrected chi connectivity index (χ3v) is 10.4. The van der Waals surface area contributed by atoms with Crippen molar-refractivity contribution >= 4 is 79.3 Å². The predicted octanol–water partition coefficient (Wildman–Crippen LogP) is -10.5. The maximum absolute atomic E-state index is 14.6. The summed E-state index contributed by atoms with van der Waals surface area (Å²) in [7, 11) is -10.5. The Morgan fingerprint density at radius 2 is 0.862 bits per heavy atom. The van der Waals surface area contributed by atoms with Crippen molar-refractivity contribution in [2.24, 2.45) is 0 Å². The molecule has 0 bridgehead atoms. The van der Waals surface area contributed by atoms with Gasteiger partial charge < -0.3 is 19.6 Å². The molecule has 6 rings (SSSR count). The van der Waals surface area contributed by atoms with Gasteiger partial charge >= 0.3 is 118 Å². The van der Waals surface area contributed by atoms with E-state index >= 15 is 0 Å². The SMILES string of the molecule is O=C1C2=C(c3ccccc3)N(C(=O)c3cc(SOO[O-])cc(S(=O)(=O)[O-])c3)C(=O)C2=C(c2ccccc2)N1C(=O)c1cc(SOO[O-])cc(S(=O)(=O)[O-])c1.[Na+].[Na+].[Na+].[Na+]. The maximum Gasteiger partial charge on any atom is 1.00 e. The van der Waals surface area contributed by atoms with Crippen molar-refractivity contribution < 1.29 is 193 Å². The molecule has 4 aromatic rings. The van der Waals surface area contributed by atoms with Crippen LogP contribution in [-0.4, -0.2) is 59.4 Å². The van der Waals surface area contributed by atoms with Crippen LogP contribution in [0.5, 0.6) is 0 Å². The maximum atomic E-state index is 14.6. The van der Waals surface area contributed by atoms with Gasteiger partial charge in [0.15, 0.2) is 0 Å². The second-order valence-electron chi connectivity index (χ2n) is 10.8. The largest absolute Gasteiger partial charge is 1.00 e. The standard InChI is InChI=1S/C32H20N2O16S4.4Na/c35-29(19-11-21(51-49-47-39)15-23(13-19)53(41,42)43)33-27(17-7-3-1-4-8-17)25-26(32(33)38)28(18-9-5-2-6-10-18)34(31(25)37)30(36)20-12-22(52-50-48-40)16-24(14-20)54(44,45)46;;;;/h1-16,39-40H,(H,41,42,43)(H,44,45,46);;;;/q;4*+1/p-4. The number of fused-ring (bicyclic) bond motifs is 1. The predicted molar refractivity (Wildman–Crippen MR) is 174 cm³/mol. The van der Waals surface area contributed by atoms with E-state index in [0.29, 0.717) is 21.9 Å². The van der Waals surface area contributed by atoms with E-state index in [9.17, 15) is 55.6 Å². The molecule has 0 atom stereocenters. The van der Waals surface area contributed by atoms with Gasteiger partial charge in [-0.2, -0.15) is 8.67 Å². The molecule has 0 N–H and O–H groups in total. The molecule has 18 nitrogen and oxygen atoms in total. The van der Waals surface area contributed by atoms with E-state index in [4.69, 9.17) is 0 Å². The Kier molecular flexibility index (Phi) is 20.4. The van der Waals surface area contributed by atoms with Crippen molar-refractivity contribution in [3.63, 3.8) is 0 Å². The van der Waals surface area contributed by atoms with Gasteiger partial charge in [0.25, 0.3) is 23.6 Å². The van der Waals surface area contributed by atoms with Gasteiger partial charge in [-0.1, -0.05) is 60.7 Å². The second kappa shape index (κ2) is 22.3. The van der Waals surface area contributed by atoms with E-state index < -0.39 is 75.9 Å². The summed E-state index contributed by atoms with van der Waals surface area (Å²) in [5.74, 6) is -4.88. The molecule has 0 aromatic heterocycles. The van der Waals surface area contributed by atoms with E-state index in [1.807, 2.05) is 0 Å². The van der Waals surface area contributed by atoms with Gasteiger partial charge in [-0.25, -0.2) is 26.6 Å². The summed E-state index contributed by atoms with van der Waals surface area (Å²) < 4.78 is 80.5. The number of hydrogen-bond acceptors (Lipinski definition) is 18. The van der Waals surface area contributed by atoms with Crippen LogP contribution in [0.15, 0.2) is 128 Å². The fourth-order valence-corrected chi connectivity index (χ4v) is 7.72. The van der Waals surface area contributed by atoms with Gasteiger partial charge in [-0.05, 0) is 47.5 Å². The van der Waals surface area contributed by atoms with E-state index in [-0.39, 0.29) is 175 Å². The van der Waals surface area contributed by atoms with E-state index in [1.54, 1.807) is 12.1 Å². The summed E-state index contributed by atoms with van der Waals surface area (Å²) in [6.45, 7) is 0. The zero-order valence-electron chi connectivity index (χ0n) is 30.3. The minimum absolute atomic E-state index is 0. The van der Waals surface area contributed by atoms with Gasteiger partial charge in [0, 0.05) is 20.9 Å². The summed E-state index contributed by atoms with van der Waals surface area (Å²) in [5.41, 5.74) is -2.71. The summed E-state index contributed by atoms with van der Waals surface area (Å²) in [4.78, 5) is 56.4. The van der Waals surface area contributed by atoms with Crippen LogP contribution < -0.4 is 129 Å². The Morgan fingerprint density at radius 3 is 1.16 bits per heavy atom. The topological polar surface area (TPSA) is 272 Å². The van der Waals surface area contributed by atoms with Crippen LogP contribution in [0, 0.1) is 0 Å². The van der Waals surface area contributed by atoms with E-state index in [2.05, 4.69) is 18.7 Å². The Morgan fingerprint density at radius 1 is 0.534 bits per heavy atom. The van der Waals surface area contributed by atoms with Crippen LogP contribution in [0.2, 0.25) is 0 Å². The Labute approximate surface area is 426 Å². The third-order valence-electron chi connectivity index (χ3n) is 7.65. The molecule has 0 radical (unpaired) electrons. The summed E-state index contributed by atoms with van der Waals surface area (Å²) in [5, 5.41) is 27.4. The number of benzene rings is 4. The van der Waals surface area contributed by atoms with Crippen molar-refractivity contribution in [1.29, 1.82) is 0 Å². The molecule has 278 valence electrons. The summed E-state index contributed by atoms with van der Waals surface area (Å²) in [6, 6.07) is 19.7. The molecule has 26 heteroatoms. The van der Waals surface area contributed by atoms with Crippen LogP contribution in [0.25, 0.3) is 11.4 Å². The molecule has 4 aromatic carbocycles. The number of amides is 4. The first kappa shape index (κ1) is 53.1. The van der Waals surface area contributed by atoms with Crippen LogP contribution in [0.3, 0.4) is 0 Å². The van der Waals surface area contributed by atoms with Crippen LogP contribution in [0.4, 0.5) is 0 Å². The van der Waals surface area contributed by atoms with Crippen molar-refractivity contribution in [2.45, 2.75) is 19.6 Å². The molecule has 0 saturated carbocycles. The van der Waals surface area contributed by atoms with E-state index in [1.165, 1.54) is 48.5 Å². The fraction of sp³-hybridized carbons (Fsp3) is 0. The number of rotatable bonds is 12. The second-order valence-corrected chi connectivity index (χ2v) is 15.1. The van der Waals surface area contributed by atoms with Gasteiger partial charge in [0.2, 0.25) is 0 Å². The monoisotopic (exact) mass is 904 g/mol. The number of carbonyl (C=O) groups is 4. The molecule has 58 heavy (non-hydrogen) atoms. The average Bonchev–Trinajstić information content (AvgIpc) is 3.62. The number of nitrogens with zero attached hydrogens (tertiary/aromatic N) is 2. The molecule has 0 fully saturated rings. The summed E-state index contributed by atoms with van der Waals surface area (Å²) >= 11 is 0.289. The molecule has 4 amide bonds. The zero-order chi connectivity index (χ0) is 38.9. The minimum Gasteiger partial charge on any atom is -0.744 e. The van der Waals surface area contributed by atoms with Crippen LogP contribution >= 0.6 is 24.1 Å². The van der Waals surface area contributed by atoms with Crippen LogP contribution in [-0.2, 0) is 48.6 Å². The minimum atomic E-state index is -5.24. The average molecular weight is 905 g/mol. The quantitative estimate of drug-likeness (QED) is 0.0319. The Balaban J connectivity index is 0.00000290. The van der Waals surface area contributed by atoms with Crippen molar-refractivity contribution in [1.82, 2.24) is 9.80 Å². The van der Waals surface area contributed by atoms with Crippen molar-refractivity contribution in [3.05, 3.63) is 130 Å². The first-order valence-corrected chi connectivity index (χ1v) is 18.8. The Bertz CT molecular complexity index is 2350. The fourth-order valence-electron chi connectivity index (χ4n) is 5.57. The molecule has 2 heterocycles. The Hall–Kier alpha value is -1.08. The first-order chi connectivity index (χ1) is 25.6. The molecule has 0 aliphatic carbocycles. The van der Waals surface area contributed by atoms with Crippen molar-refractivity contribution in [3.8, 4) is 0 Å². The smallest absolute Gasteiger partial charge is 0.744 e. The van der Waals surface area contributed by atoms with E-state index in [0.717, 1.165) is 24.3 Å². The molecular weight excluding hydrogens is 889 g/mol. The van der Waals surface area contributed by atoms with Gasteiger partial charge in [-0.3, -0.25) is 29.3 Å². The molecule has 2 aliphatic rings. The normalized spacial score (nSPS) is 13.7.